The van der Waals surface area contributed by atoms with Crippen LogP contribution in [0.4, 0.5) is 0 Å². The van der Waals surface area contributed by atoms with Gasteiger partial charge in [-0.05, 0) is 86.2 Å². The molecule has 4 aliphatic carbocycles. The van der Waals surface area contributed by atoms with Gasteiger partial charge in [0, 0.05) is 17.8 Å². The lowest BCUT2D eigenvalue weighted by Gasteiger charge is -2.59. The summed E-state index contributed by atoms with van der Waals surface area (Å²) in [4.78, 5) is 0. The van der Waals surface area contributed by atoms with E-state index in [0.717, 1.165) is 29.8 Å². The summed E-state index contributed by atoms with van der Waals surface area (Å²) in [6.07, 6.45) is 10.7. The third-order valence-corrected chi connectivity index (χ3v) is 8.72. The minimum atomic E-state index is 0.530. The van der Waals surface area contributed by atoms with E-state index in [1.807, 2.05) is 0 Å². The van der Waals surface area contributed by atoms with Gasteiger partial charge in [-0.3, -0.25) is 0 Å². The van der Waals surface area contributed by atoms with Gasteiger partial charge in [0.1, 0.15) is 0 Å². The highest BCUT2D eigenvalue weighted by Crippen LogP contribution is 2.61. The van der Waals surface area contributed by atoms with E-state index in [9.17, 15) is 0 Å². The predicted octanol–water partition coefficient (Wildman–Crippen LogP) is 4.71. The quantitative estimate of drug-likeness (QED) is 0.810. The van der Waals surface area contributed by atoms with E-state index in [1.54, 1.807) is 19.3 Å². The first-order valence-corrected chi connectivity index (χ1v) is 10.4. The summed E-state index contributed by atoms with van der Waals surface area (Å²) in [6.45, 7) is 7.42. The molecule has 0 aromatic heterocycles. The molecule has 5 rings (SSSR count). The fourth-order valence-electron chi connectivity index (χ4n) is 6.61. The number of hydrogen-bond donors (Lipinski definition) is 1. The van der Waals surface area contributed by atoms with Crippen molar-refractivity contribution in [2.24, 2.45) is 28.6 Å². The number of rotatable bonds is 3. The number of hydrogen-bond acceptors (Lipinski definition) is 2. The van der Waals surface area contributed by atoms with E-state index in [1.165, 1.54) is 37.2 Å². The van der Waals surface area contributed by atoms with Crippen LogP contribution in [0.25, 0.3) is 0 Å². The molecule has 4 saturated carbocycles. The monoisotopic (exact) mass is 307 g/mol. The average molecular weight is 308 g/mol. The summed E-state index contributed by atoms with van der Waals surface area (Å²) in [5.74, 6) is 5.92. The molecule has 0 aromatic rings. The van der Waals surface area contributed by atoms with Crippen LogP contribution in [0.5, 0.6) is 0 Å². The molecular weight excluding hydrogens is 274 g/mol. The molecule has 1 aliphatic heterocycles. The van der Waals surface area contributed by atoms with Crippen LogP contribution < -0.4 is 5.32 Å². The molecule has 1 nitrogen and oxygen atoms in total. The first-order chi connectivity index (χ1) is 9.94. The molecule has 4 bridgehead atoms. The van der Waals surface area contributed by atoms with Crippen LogP contribution in [-0.2, 0) is 0 Å². The zero-order valence-corrected chi connectivity index (χ0v) is 15.0. The van der Waals surface area contributed by atoms with Gasteiger partial charge in [0.15, 0.2) is 0 Å². The van der Waals surface area contributed by atoms with E-state index < -0.39 is 0 Å². The van der Waals surface area contributed by atoms with Gasteiger partial charge in [-0.2, -0.15) is 11.8 Å². The topological polar surface area (TPSA) is 12.0 Å². The molecule has 0 aromatic carbocycles. The van der Waals surface area contributed by atoms with Gasteiger partial charge in [-0.15, -0.1) is 0 Å². The zero-order chi connectivity index (χ0) is 14.7. The van der Waals surface area contributed by atoms with Gasteiger partial charge >= 0.3 is 0 Å². The largest absolute Gasteiger partial charge is 0.310 e. The number of thioether (sulfide) groups is 1. The summed E-state index contributed by atoms with van der Waals surface area (Å²) < 4.78 is 0. The Morgan fingerprint density at radius 2 is 1.52 bits per heavy atom. The fraction of sp³-hybridized carbons (Fsp3) is 1.00. The Balaban J connectivity index is 1.44. The van der Waals surface area contributed by atoms with Crippen LogP contribution in [0.15, 0.2) is 0 Å². The van der Waals surface area contributed by atoms with Crippen molar-refractivity contribution < 1.29 is 0 Å². The SMILES string of the molecule is CC(NC1CSCC(C)(C)C1)C12CC3CC(CC(C3)C1)C2. The lowest BCUT2D eigenvalue weighted by Crippen LogP contribution is -2.57. The van der Waals surface area contributed by atoms with Gasteiger partial charge in [0.05, 0.1) is 0 Å². The van der Waals surface area contributed by atoms with E-state index in [2.05, 4.69) is 37.8 Å². The second kappa shape index (κ2) is 5.16. The summed E-state index contributed by atoms with van der Waals surface area (Å²) in [7, 11) is 0. The second-order valence-corrected chi connectivity index (χ2v) is 10.8. The van der Waals surface area contributed by atoms with Crippen LogP contribution in [0, 0.1) is 28.6 Å². The molecule has 0 radical (unpaired) electrons. The number of nitrogens with one attached hydrogen (secondary N) is 1. The van der Waals surface area contributed by atoms with Crippen LogP contribution in [-0.4, -0.2) is 23.6 Å². The highest BCUT2D eigenvalue weighted by atomic mass is 32.2. The molecule has 1 N–H and O–H groups in total. The molecule has 0 amide bonds. The molecule has 1 saturated heterocycles. The summed E-state index contributed by atoms with van der Waals surface area (Å²) in [5, 5.41) is 4.11. The standard InChI is InChI=1S/C19H33NS/c1-13(20-17-10-18(2,3)12-21-11-17)19-7-14-4-15(8-19)6-16(5-14)9-19/h13-17,20H,4-12H2,1-3H3. The highest BCUT2D eigenvalue weighted by molar-refractivity contribution is 7.99. The smallest absolute Gasteiger partial charge is 0.0166 e. The Hall–Kier alpha value is 0.310. The lowest BCUT2D eigenvalue weighted by atomic mass is 9.48. The third kappa shape index (κ3) is 2.80. The van der Waals surface area contributed by atoms with Crippen molar-refractivity contribution in [2.75, 3.05) is 11.5 Å². The van der Waals surface area contributed by atoms with Crippen molar-refractivity contribution in [3.8, 4) is 0 Å². The Morgan fingerprint density at radius 3 is 2.05 bits per heavy atom. The minimum Gasteiger partial charge on any atom is -0.310 e. The third-order valence-electron chi connectivity index (χ3n) is 7.10. The van der Waals surface area contributed by atoms with Crippen LogP contribution in [0.3, 0.4) is 0 Å². The van der Waals surface area contributed by atoms with Crippen molar-refractivity contribution >= 4 is 11.8 Å². The van der Waals surface area contributed by atoms with E-state index in [4.69, 9.17) is 0 Å². The Bertz CT molecular complexity index is 367. The molecule has 2 heteroatoms. The first kappa shape index (κ1) is 14.9. The Morgan fingerprint density at radius 1 is 0.952 bits per heavy atom. The normalized spacial score (nSPS) is 49.3. The molecule has 0 spiro atoms. The van der Waals surface area contributed by atoms with Crippen LogP contribution in [0.1, 0.15) is 65.7 Å². The van der Waals surface area contributed by atoms with Crippen molar-refractivity contribution in [1.82, 2.24) is 5.32 Å². The van der Waals surface area contributed by atoms with Crippen molar-refractivity contribution in [3.05, 3.63) is 0 Å². The molecule has 5 fully saturated rings. The maximum Gasteiger partial charge on any atom is 0.0166 e. The Labute approximate surface area is 135 Å². The van der Waals surface area contributed by atoms with Crippen molar-refractivity contribution in [3.63, 3.8) is 0 Å². The van der Waals surface area contributed by atoms with Gasteiger partial charge in [-0.1, -0.05) is 13.8 Å². The molecule has 120 valence electrons. The molecular formula is C19H33NS. The summed E-state index contributed by atoms with van der Waals surface area (Å²) in [6, 6.07) is 1.49. The van der Waals surface area contributed by atoms with Gasteiger partial charge in [0.25, 0.3) is 0 Å². The molecule has 2 unspecified atom stereocenters. The van der Waals surface area contributed by atoms with E-state index in [0.29, 0.717) is 10.8 Å². The van der Waals surface area contributed by atoms with E-state index in [-0.39, 0.29) is 0 Å². The summed E-state index contributed by atoms with van der Waals surface area (Å²) >= 11 is 2.17. The molecule has 21 heavy (non-hydrogen) atoms. The second-order valence-electron chi connectivity index (χ2n) is 9.75. The van der Waals surface area contributed by atoms with Crippen molar-refractivity contribution in [2.45, 2.75) is 77.8 Å². The highest BCUT2D eigenvalue weighted by Gasteiger charge is 2.53. The average Bonchev–Trinajstić information content (AvgIpc) is 2.35. The summed E-state index contributed by atoms with van der Waals surface area (Å²) in [5.41, 5.74) is 1.20. The molecule has 2 atom stereocenters. The van der Waals surface area contributed by atoms with Gasteiger partial charge in [-0.25, -0.2) is 0 Å². The van der Waals surface area contributed by atoms with Crippen LogP contribution in [0.2, 0.25) is 0 Å². The molecule has 5 aliphatic rings. The zero-order valence-electron chi connectivity index (χ0n) is 14.2. The predicted molar refractivity (Wildman–Crippen MR) is 92.7 cm³/mol. The van der Waals surface area contributed by atoms with Gasteiger partial charge in [0.2, 0.25) is 0 Å². The first-order valence-electron chi connectivity index (χ1n) is 9.28. The minimum absolute atomic E-state index is 0.530. The molecule has 1 heterocycles. The maximum absolute atomic E-state index is 4.11. The van der Waals surface area contributed by atoms with Crippen LogP contribution >= 0.6 is 11.8 Å². The maximum atomic E-state index is 4.11. The van der Waals surface area contributed by atoms with Crippen molar-refractivity contribution in [1.29, 1.82) is 0 Å². The fourth-order valence-corrected chi connectivity index (χ4v) is 7.89. The lowest BCUT2D eigenvalue weighted by molar-refractivity contribution is -0.0723. The van der Waals surface area contributed by atoms with Gasteiger partial charge < -0.3 is 5.32 Å². The Kier molecular flexibility index (Phi) is 3.65. The van der Waals surface area contributed by atoms with E-state index >= 15 is 0 Å².